The summed E-state index contributed by atoms with van der Waals surface area (Å²) in [5.41, 5.74) is -2.07. The molecule has 3 aromatic rings. The van der Waals surface area contributed by atoms with E-state index in [1.807, 2.05) is 6.92 Å². The fraction of sp³-hybridized carbons (Fsp3) is 0.333. The highest BCUT2D eigenvalue weighted by atomic mass is 16.5. The van der Waals surface area contributed by atoms with Gasteiger partial charge in [0.25, 0.3) is 16.8 Å². The number of carboxylic acid groups (broad SMARTS) is 1. The van der Waals surface area contributed by atoms with Gasteiger partial charge in [0.2, 0.25) is 0 Å². The maximum absolute atomic E-state index is 12.6. The van der Waals surface area contributed by atoms with Crippen LogP contribution in [0.25, 0.3) is 0 Å². The van der Waals surface area contributed by atoms with Gasteiger partial charge in [0, 0.05) is 12.5 Å². The maximum Gasteiger partial charge on any atom is 0.323 e. The van der Waals surface area contributed by atoms with Gasteiger partial charge < -0.3 is 34.9 Å². The van der Waals surface area contributed by atoms with Gasteiger partial charge >= 0.3 is 5.97 Å². The molecule has 184 valence electrons. The van der Waals surface area contributed by atoms with Crippen molar-refractivity contribution >= 4 is 28.9 Å². The van der Waals surface area contributed by atoms with Gasteiger partial charge in [-0.05, 0) is 31.2 Å². The van der Waals surface area contributed by atoms with Crippen molar-refractivity contribution in [3.63, 3.8) is 0 Å². The predicted octanol–water partition coefficient (Wildman–Crippen LogP) is 1.98. The van der Waals surface area contributed by atoms with E-state index < -0.39 is 41.1 Å². The SMILES string of the molecule is Cc1ccc([C@H](Nc2c(Nc3cccc(C(=O)N(C)CC(=O)O)c3O)c(=O)c2=O)C2(C)COC2)o1. The van der Waals surface area contributed by atoms with Gasteiger partial charge in [-0.2, -0.15) is 0 Å². The molecule has 2 heterocycles. The topological polar surface area (TPSA) is 158 Å². The first-order valence-corrected chi connectivity index (χ1v) is 10.8. The number of likely N-dealkylation sites (N-methyl/N-ethyl adjacent to an activating group) is 1. The van der Waals surface area contributed by atoms with Crippen molar-refractivity contribution in [2.24, 2.45) is 5.41 Å². The number of benzene rings is 1. The summed E-state index contributed by atoms with van der Waals surface area (Å²) in [4.78, 5) is 49.3. The summed E-state index contributed by atoms with van der Waals surface area (Å²) in [5, 5.41) is 25.4. The number of rotatable bonds is 9. The number of carboxylic acids is 1. The number of carbonyl (C=O) groups excluding carboxylic acids is 1. The zero-order valence-electron chi connectivity index (χ0n) is 19.4. The van der Waals surface area contributed by atoms with Crippen molar-refractivity contribution < 1.29 is 29.0 Å². The van der Waals surface area contributed by atoms with Crippen molar-refractivity contribution in [1.82, 2.24) is 4.90 Å². The predicted molar refractivity (Wildman–Crippen MR) is 126 cm³/mol. The van der Waals surface area contributed by atoms with Crippen molar-refractivity contribution in [3.8, 4) is 5.75 Å². The second-order valence-electron chi connectivity index (χ2n) is 8.96. The molecule has 0 radical (unpaired) electrons. The Bertz CT molecular complexity index is 1360. The second kappa shape index (κ2) is 8.91. The van der Waals surface area contributed by atoms with Crippen LogP contribution in [0, 0.1) is 12.3 Å². The van der Waals surface area contributed by atoms with Crippen LogP contribution in [-0.2, 0) is 9.53 Å². The molecule has 35 heavy (non-hydrogen) atoms. The Labute approximate surface area is 199 Å². The van der Waals surface area contributed by atoms with Crippen LogP contribution in [0.5, 0.6) is 5.75 Å². The summed E-state index contributed by atoms with van der Waals surface area (Å²) >= 11 is 0. The molecule has 0 aliphatic carbocycles. The minimum absolute atomic E-state index is 0.0123. The van der Waals surface area contributed by atoms with E-state index in [4.69, 9.17) is 14.3 Å². The van der Waals surface area contributed by atoms with Gasteiger partial charge in [-0.1, -0.05) is 13.0 Å². The Morgan fingerprint density at radius 1 is 1.14 bits per heavy atom. The summed E-state index contributed by atoms with van der Waals surface area (Å²) in [7, 11) is 1.29. The Morgan fingerprint density at radius 2 is 1.83 bits per heavy atom. The van der Waals surface area contributed by atoms with E-state index in [2.05, 4.69) is 10.6 Å². The number of amides is 1. The van der Waals surface area contributed by atoms with E-state index >= 15 is 0 Å². The molecule has 11 nitrogen and oxygen atoms in total. The zero-order chi connectivity index (χ0) is 25.5. The fourth-order valence-corrected chi connectivity index (χ4v) is 4.01. The molecule has 11 heteroatoms. The minimum Gasteiger partial charge on any atom is -0.505 e. The number of hydrogen-bond acceptors (Lipinski definition) is 9. The molecule has 1 aromatic heterocycles. The number of ether oxygens (including phenoxy) is 1. The first-order chi connectivity index (χ1) is 16.5. The number of aryl methyl sites for hydroxylation is 1. The first kappa shape index (κ1) is 24.0. The standard InChI is InChI=1S/C24H25N3O8/c1-12-7-8-15(35-12)22(24(2)10-34-11-24)26-18-17(20(31)21(18)32)25-14-6-4-5-13(19(14)30)23(33)27(3)9-16(28)29/h4-8,22,25-26,30H,9-11H2,1-3H3,(H,28,29)/t22-/m0/s1. The van der Waals surface area contributed by atoms with Gasteiger partial charge in [0.05, 0.1) is 30.5 Å². The lowest BCUT2D eigenvalue weighted by Crippen LogP contribution is -2.49. The van der Waals surface area contributed by atoms with Gasteiger partial charge in [-0.3, -0.25) is 19.2 Å². The van der Waals surface area contributed by atoms with Crippen LogP contribution in [0.4, 0.5) is 17.1 Å². The van der Waals surface area contributed by atoms with Crippen LogP contribution in [-0.4, -0.2) is 53.8 Å². The number of phenols is 1. The van der Waals surface area contributed by atoms with Crippen molar-refractivity contribution in [2.75, 3.05) is 37.4 Å². The highest BCUT2D eigenvalue weighted by Crippen LogP contribution is 2.43. The number of carbonyl (C=O) groups is 2. The number of furan rings is 1. The zero-order valence-corrected chi connectivity index (χ0v) is 19.4. The molecule has 0 spiro atoms. The monoisotopic (exact) mass is 483 g/mol. The molecule has 0 bridgehead atoms. The number of aliphatic carboxylic acids is 1. The molecule has 1 saturated heterocycles. The number of nitrogens with zero attached hydrogens (tertiary/aromatic N) is 1. The van der Waals surface area contributed by atoms with Crippen LogP contribution in [0.2, 0.25) is 0 Å². The lowest BCUT2D eigenvalue weighted by Gasteiger charge is -2.44. The summed E-state index contributed by atoms with van der Waals surface area (Å²) in [6, 6.07) is 7.36. The van der Waals surface area contributed by atoms with E-state index in [1.54, 1.807) is 19.1 Å². The molecular weight excluding hydrogens is 458 g/mol. The third-order valence-corrected chi connectivity index (χ3v) is 6.05. The molecule has 0 saturated carbocycles. The van der Waals surface area contributed by atoms with Crippen LogP contribution in [0.3, 0.4) is 0 Å². The molecular formula is C24H25N3O8. The lowest BCUT2D eigenvalue weighted by molar-refractivity contribution is -0.137. The average Bonchev–Trinajstić information content (AvgIpc) is 3.22. The van der Waals surface area contributed by atoms with Crippen molar-refractivity contribution in [3.05, 3.63) is 67.9 Å². The number of phenolic OH excluding ortho intramolecular Hbond substituents is 1. The van der Waals surface area contributed by atoms with Crippen molar-refractivity contribution in [1.29, 1.82) is 0 Å². The number of aromatic hydroxyl groups is 1. The molecule has 4 rings (SSSR count). The summed E-state index contributed by atoms with van der Waals surface area (Å²) in [5.74, 6) is -1.13. The minimum atomic E-state index is -1.21. The summed E-state index contributed by atoms with van der Waals surface area (Å²) in [6.07, 6.45) is 0. The number of anilines is 3. The Morgan fingerprint density at radius 3 is 2.40 bits per heavy atom. The summed E-state index contributed by atoms with van der Waals surface area (Å²) in [6.45, 7) is 4.07. The van der Waals surface area contributed by atoms with Gasteiger partial charge in [0.1, 0.15) is 29.4 Å². The van der Waals surface area contributed by atoms with Crippen LogP contribution in [0.15, 0.2) is 44.3 Å². The molecule has 4 N–H and O–H groups in total. The molecule has 1 atom stereocenters. The quantitative estimate of drug-likeness (QED) is 0.262. The largest absolute Gasteiger partial charge is 0.505 e. The normalized spacial score (nSPS) is 15.3. The Hall–Kier alpha value is -4.12. The van der Waals surface area contributed by atoms with E-state index in [0.717, 1.165) is 4.90 Å². The third-order valence-electron chi connectivity index (χ3n) is 6.05. The number of nitrogens with one attached hydrogen (secondary N) is 2. The average molecular weight is 483 g/mol. The molecule has 0 unspecified atom stereocenters. The van der Waals surface area contributed by atoms with Crippen LogP contribution >= 0.6 is 0 Å². The third kappa shape index (κ3) is 4.37. The highest BCUT2D eigenvalue weighted by molar-refractivity contribution is 6.00. The maximum atomic E-state index is 12.6. The van der Waals surface area contributed by atoms with Crippen molar-refractivity contribution in [2.45, 2.75) is 19.9 Å². The van der Waals surface area contributed by atoms with Gasteiger partial charge in [0.15, 0.2) is 5.75 Å². The van der Waals surface area contributed by atoms with E-state index in [9.17, 15) is 24.3 Å². The highest BCUT2D eigenvalue weighted by Gasteiger charge is 2.45. The van der Waals surface area contributed by atoms with E-state index in [0.29, 0.717) is 24.7 Å². The van der Waals surface area contributed by atoms with E-state index in [-0.39, 0.29) is 28.0 Å². The smallest absolute Gasteiger partial charge is 0.323 e. The Kier molecular flexibility index (Phi) is 6.12. The molecule has 1 amide bonds. The molecule has 1 aliphatic rings. The molecule has 1 aliphatic heterocycles. The van der Waals surface area contributed by atoms with Crippen LogP contribution < -0.4 is 21.5 Å². The number of para-hydroxylation sites is 1. The first-order valence-electron chi connectivity index (χ1n) is 10.8. The van der Waals surface area contributed by atoms with E-state index in [1.165, 1.54) is 25.2 Å². The van der Waals surface area contributed by atoms with Gasteiger partial charge in [-0.15, -0.1) is 0 Å². The number of hydrogen-bond donors (Lipinski definition) is 4. The second-order valence-corrected chi connectivity index (χ2v) is 8.96. The van der Waals surface area contributed by atoms with Gasteiger partial charge in [-0.25, -0.2) is 0 Å². The Balaban J connectivity index is 1.63. The van der Waals surface area contributed by atoms with Crippen LogP contribution in [0.1, 0.15) is 34.8 Å². The molecule has 2 aromatic carbocycles. The molecule has 1 fully saturated rings. The fourth-order valence-electron chi connectivity index (χ4n) is 4.01. The lowest BCUT2D eigenvalue weighted by atomic mass is 9.79. The summed E-state index contributed by atoms with van der Waals surface area (Å²) < 4.78 is 11.2.